The van der Waals surface area contributed by atoms with Crippen LogP contribution >= 0.6 is 0 Å². The fraction of sp³-hybridized carbons (Fsp3) is 0.231. The Labute approximate surface area is 99.9 Å². The lowest BCUT2D eigenvalue weighted by atomic mass is 10.2. The van der Waals surface area contributed by atoms with Gasteiger partial charge in [-0.1, -0.05) is 30.3 Å². The summed E-state index contributed by atoms with van der Waals surface area (Å²) >= 11 is 0. The number of aromatic nitrogens is 2. The van der Waals surface area contributed by atoms with Gasteiger partial charge in [0.05, 0.1) is 12.4 Å². The van der Waals surface area contributed by atoms with Gasteiger partial charge in [0.2, 0.25) is 0 Å². The first kappa shape index (κ1) is 11.5. The highest BCUT2D eigenvalue weighted by atomic mass is 16.5. The molecule has 0 bridgehead atoms. The Balaban J connectivity index is 1.96. The van der Waals surface area contributed by atoms with E-state index in [1.54, 1.807) is 19.3 Å². The van der Waals surface area contributed by atoms with Crippen LogP contribution in [0.15, 0.2) is 42.7 Å². The van der Waals surface area contributed by atoms with Crippen molar-refractivity contribution >= 4 is 0 Å². The van der Waals surface area contributed by atoms with Crippen LogP contribution in [0.3, 0.4) is 0 Å². The van der Waals surface area contributed by atoms with Crippen molar-refractivity contribution in [3.63, 3.8) is 0 Å². The third-order valence-corrected chi connectivity index (χ3v) is 2.27. The number of aliphatic hydroxyl groups is 1. The molecule has 0 aliphatic carbocycles. The maximum atomic E-state index is 9.26. The lowest BCUT2D eigenvalue weighted by molar-refractivity contribution is 0.188. The molecule has 17 heavy (non-hydrogen) atoms. The van der Waals surface area contributed by atoms with Crippen molar-refractivity contribution in [2.45, 2.75) is 19.6 Å². The maximum Gasteiger partial charge on any atom is 0.156 e. The first-order valence-corrected chi connectivity index (χ1v) is 5.42. The Hall–Kier alpha value is -1.94. The van der Waals surface area contributed by atoms with E-state index in [1.807, 2.05) is 30.3 Å². The molecule has 0 aliphatic rings. The first-order valence-electron chi connectivity index (χ1n) is 5.42. The molecule has 1 aromatic carbocycles. The van der Waals surface area contributed by atoms with Crippen molar-refractivity contribution in [1.29, 1.82) is 0 Å². The number of rotatable bonds is 4. The standard InChI is InChI=1S/C13H14N2O2/c1-10(16)13-14-7-12(8-15-13)17-9-11-5-3-2-4-6-11/h2-8,10,16H,9H2,1H3. The van der Waals surface area contributed by atoms with Gasteiger partial charge in [-0.3, -0.25) is 0 Å². The number of aliphatic hydroxyl groups excluding tert-OH is 1. The van der Waals surface area contributed by atoms with Gasteiger partial charge >= 0.3 is 0 Å². The third kappa shape index (κ3) is 3.26. The molecule has 1 unspecified atom stereocenters. The Morgan fingerprint density at radius 2 is 1.82 bits per heavy atom. The Bertz CT molecular complexity index is 455. The monoisotopic (exact) mass is 230 g/mol. The van der Waals surface area contributed by atoms with E-state index in [0.29, 0.717) is 18.2 Å². The Kier molecular flexibility index (Phi) is 3.67. The quantitative estimate of drug-likeness (QED) is 0.874. The largest absolute Gasteiger partial charge is 0.486 e. The summed E-state index contributed by atoms with van der Waals surface area (Å²) in [5, 5.41) is 9.26. The summed E-state index contributed by atoms with van der Waals surface area (Å²) in [6, 6.07) is 9.87. The average Bonchev–Trinajstić information content (AvgIpc) is 2.38. The molecule has 1 aromatic heterocycles. The van der Waals surface area contributed by atoms with Gasteiger partial charge in [0.15, 0.2) is 11.6 Å². The summed E-state index contributed by atoms with van der Waals surface area (Å²) in [5.41, 5.74) is 1.09. The van der Waals surface area contributed by atoms with Crippen molar-refractivity contribution in [2.24, 2.45) is 0 Å². The highest BCUT2D eigenvalue weighted by Gasteiger charge is 2.04. The fourth-order valence-corrected chi connectivity index (χ4v) is 1.36. The van der Waals surface area contributed by atoms with Crippen molar-refractivity contribution in [2.75, 3.05) is 0 Å². The van der Waals surface area contributed by atoms with Crippen LogP contribution in [0.2, 0.25) is 0 Å². The molecule has 4 nitrogen and oxygen atoms in total. The molecule has 0 aliphatic heterocycles. The molecule has 1 atom stereocenters. The van der Waals surface area contributed by atoms with Gasteiger partial charge in [-0.25, -0.2) is 9.97 Å². The predicted molar refractivity (Wildman–Crippen MR) is 63.4 cm³/mol. The molecule has 0 amide bonds. The average molecular weight is 230 g/mol. The van der Waals surface area contributed by atoms with E-state index in [4.69, 9.17) is 4.74 Å². The first-order chi connectivity index (χ1) is 8.25. The lowest BCUT2D eigenvalue weighted by Crippen LogP contribution is -2.01. The molecule has 4 heteroatoms. The second-order valence-corrected chi connectivity index (χ2v) is 3.73. The SMILES string of the molecule is CC(O)c1ncc(OCc2ccccc2)cn1. The van der Waals surface area contributed by atoms with Gasteiger partial charge < -0.3 is 9.84 Å². The summed E-state index contributed by atoms with van der Waals surface area (Å²) in [6.45, 7) is 2.11. The lowest BCUT2D eigenvalue weighted by Gasteiger charge is -2.06. The fourth-order valence-electron chi connectivity index (χ4n) is 1.36. The van der Waals surface area contributed by atoms with Crippen LogP contribution in [0.1, 0.15) is 24.4 Å². The second-order valence-electron chi connectivity index (χ2n) is 3.73. The Morgan fingerprint density at radius 3 is 2.41 bits per heavy atom. The van der Waals surface area contributed by atoms with Gasteiger partial charge in [-0.2, -0.15) is 0 Å². The van der Waals surface area contributed by atoms with Crippen molar-refractivity contribution in [3.05, 3.63) is 54.1 Å². The van der Waals surface area contributed by atoms with Crippen LogP contribution in [0.5, 0.6) is 5.75 Å². The van der Waals surface area contributed by atoms with Gasteiger partial charge in [0.1, 0.15) is 12.7 Å². The molecule has 2 aromatic rings. The van der Waals surface area contributed by atoms with Gasteiger partial charge in [-0.15, -0.1) is 0 Å². The van der Waals surface area contributed by atoms with Gasteiger partial charge in [0, 0.05) is 0 Å². The summed E-state index contributed by atoms with van der Waals surface area (Å²) < 4.78 is 5.52. The number of hydrogen-bond acceptors (Lipinski definition) is 4. The van der Waals surface area contributed by atoms with Crippen LogP contribution in [0, 0.1) is 0 Å². The molecule has 1 heterocycles. The highest BCUT2D eigenvalue weighted by molar-refractivity contribution is 5.17. The molecule has 0 saturated heterocycles. The third-order valence-electron chi connectivity index (χ3n) is 2.27. The van der Waals surface area contributed by atoms with Crippen molar-refractivity contribution in [1.82, 2.24) is 9.97 Å². The molecule has 0 radical (unpaired) electrons. The van der Waals surface area contributed by atoms with Crippen LogP contribution in [0.25, 0.3) is 0 Å². The minimum atomic E-state index is -0.654. The van der Waals surface area contributed by atoms with Crippen LogP contribution in [0.4, 0.5) is 0 Å². The molecule has 1 N–H and O–H groups in total. The summed E-state index contributed by atoms with van der Waals surface area (Å²) in [4.78, 5) is 8.01. The van der Waals surface area contributed by atoms with E-state index < -0.39 is 6.10 Å². The topological polar surface area (TPSA) is 55.2 Å². The molecule has 0 spiro atoms. The van der Waals surface area contributed by atoms with E-state index in [2.05, 4.69) is 9.97 Å². The normalized spacial score (nSPS) is 12.1. The predicted octanol–water partition coefficient (Wildman–Crippen LogP) is 2.11. The van der Waals surface area contributed by atoms with E-state index in [9.17, 15) is 5.11 Å². The summed E-state index contributed by atoms with van der Waals surface area (Å²) in [6.07, 6.45) is 2.48. The molecular formula is C13H14N2O2. The zero-order chi connectivity index (χ0) is 12.1. The highest BCUT2D eigenvalue weighted by Crippen LogP contribution is 2.12. The zero-order valence-corrected chi connectivity index (χ0v) is 9.58. The molecule has 88 valence electrons. The number of ether oxygens (including phenoxy) is 1. The molecule has 0 saturated carbocycles. The van der Waals surface area contributed by atoms with Crippen LogP contribution in [-0.4, -0.2) is 15.1 Å². The number of benzene rings is 1. The minimum absolute atomic E-state index is 0.400. The minimum Gasteiger partial charge on any atom is -0.486 e. The maximum absolute atomic E-state index is 9.26. The summed E-state index contributed by atoms with van der Waals surface area (Å²) in [7, 11) is 0. The smallest absolute Gasteiger partial charge is 0.156 e. The van der Waals surface area contributed by atoms with Crippen LogP contribution in [-0.2, 0) is 6.61 Å². The molecular weight excluding hydrogens is 216 g/mol. The van der Waals surface area contributed by atoms with Crippen molar-refractivity contribution in [3.8, 4) is 5.75 Å². The van der Waals surface area contributed by atoms with E-state index >= 15 is 0 Å². The van der Waals surface area contributed by atoms with Gasteiger partial charge in [-0.05, 0) is 12.5 Å². The van der Waals surface area contributed by atoms with Gasteiger partial charge in [0.25, 0.3) is 0 Å². The van der Waals surface area contributed by atoms with Crippen molar-refractivity contribution < 1.29 is 9.84 Å². The summed E-state index contributed by atoms with van der Waals surface area (Å²) in [5.74, 6) is 0.996. The molecule has 2 rings (SSSR count). The Morgan fingerprint density at radius 1 is 1.18 bits per heavy atom. The van der Waals surface area contributed by atoms with E-state index in [0.717, 1.165) is 5.56 Å². The van der Waals surface area contributed by atoms with E-state index in [-0.39, 0.29) is 0 Å². The number of nitrogens with zero attached hydrogens (tertiary/aromatic N) is 2. The zero-order valence-electron chi connectivity index (χ0n) is 9.58. The van der Waals surface area contributed by atoms with Crippen LogP contribution < -0.4 is 4.74 Å². The number of hydrogen-bond donors (Lipinski definition) is 1. The molecule has 0 fully saturated rings. The second kappa shape index (κ2) is 5.41. The van der Waals surface area contributed by atoms with E-state index in [1.165, 1.54) is 0 Å².